The topological polar surface area (TPSA) is 72.2 Å². The summed E-state index contributed by atoms with van der Waals surface area (Å²) in [7, 11) is -3.62. The number of hydrogen-bond acceptors (Lipinski definition) is 3. The summed E-state index contributed by atoms with van der Waals surface area (Å²) in [6, 6.07) is 4.47. The third-order valence-corrected chi connectivity index (χ3v) is 5.75. The van der Waals surface area contributed by atoms with Crippen molar-refractivity contribution in [1.29, 1.82) is 0 Å². The molecule has 1 aliphatic rings. The van der Waals surface area contributed by atoms with Crippen LogP contribution in [0.3, 0.4) is 0 Å². The molecule has 0 aliphatic heterocycles. The van der Waals surface area contributed by atoms with Crippen molar-refractivity contribution in [2.24, 2.45) is 11.8 Å². The summed E-state index contributed by atoms with van der Waals surface area (Å²) in [5.74, 6) is 1.06. The summed E-state index contributed by atoms with van der Waals surface area (Å²) in [5.41, 5.74) is 6.04. The lowest BCUT2D eigenvalue weighted by molar-refractivity contribution is 0.257. The van der Waals surface area contributed by atoms with Gasteiger partial charge in [-0.2, -0.15) is 0 Å². The Labute approximate surface area is 125 Å². The van der Waals surface area contributed by atoms with E-state index in [9.17, 15) is 8.42 Å². The number of benzene rings is 1. The van der Waals surface area contributed by atoms with Crippen molar-refractivity contribution >= 4 is 27.3 Å². The van der Waals surface area contributed by atoms with Gasteiger partial charge in [0.05, 0.1) is 5.02 Å². The Hall–Kier alpha value is -0.780. The van der Waals surface area contributed by atoms with Crippen LogP contribution in [0.2, 0.25) is 5.02 Å². The van der Waals surface area contributed by atoms with Crippen molar-refractivity contribution in [1.82, 2.24) is 4.72 Å². The van der Waals surface area contributed by atoms with E-state index in [1.165, 1.54) is 12.1 Å². The van der Waals surface area contributed by atoms with Crippen LogP contribution < -0.4 is 10.5 Å². The molecule has 2 rings (SSSR count). The summed E-state index contributed by atoms with van der Waals surface area (Å²) < 4.78 is 27.6. The maximum Gasteiger partial charge on any atom is 0.242 e. The fourth-order valence-corrected chi connectivity index (χ4v) is 4.85. The van der Waals surface area contributed by atoms with E-state index in [0.717, 1.165) is 19.3 Å². The Morgan fingerprint density at radius 1 is 1.20 bits per heavy atom. The number of nitrogens with one attached hydrogen (secondary N) is 1. The predicted octanol–water partition coefficient (Wildman–Crippen LogP) is 3.03. The summed E-state index contributed by atoms with van der Waals surface area (Å²) >= 11 is 5.98. The second-order valence-electron chi connectivity index (χ2n) is 5.93. The molecule has 3 N–H and O–H groups in total. The minimum absolute atomic E-state index is 0.0313. The highest BCUT2D eigenvalue weighted by atomic mass is 35.5. The molecular formula is C14H21ClN2O2S. The monoisotopic (exact) mass is 316 g/mol. The van der Waals surface area contributed by atoms with Gasteiger partial charge in [-0.15, -0.1) is 0 Å². The summed E-state index contributed by atoms with van der Waals surface area (Å²) in [6.45, 7) is 4.31. The highest BCUT2D eigenvalue weighted by Crippen LogP contribution is 2.30. The van der Waals surface area contributed by atoms with Gasteiger partial charge in [0.2, 0.25) is 10.0 Å². The number of hydrogen-bond donors (Lipinski definition) is 2. The zero-order chi connectivity index (χ0) is 14.9. The van der Waals surface area contributed by atoms with Gasteiger partial charge in [-0.1, -0.05) is 25.4 Å². The molecule has 0 aromatic heterocycles. The second-order valence-corrected chi connectivity index (χ2v) is 8.02. The van der Waals surface area contributed by atoms with E-state index < -0.39 is 10.0 Å². The Balaban J connectivity index is 2.21. The average Bonchev–Trinajstić information content (AvgIpc) is 2.30. The summed E-state index contributed by atoms with van der Waals surface area (Å²) in [4.78, 5) is 0.0602. The van der Waals surface area contributed by atoms with Crippen molar-refractivity contribution in [2.75, 3.05) is 5.73 Å². The smallest absolute Gasteiger partial charge is 0.242 e. The number of anilines is 1. The van der Waals surface area contributed by atoms with Gasteiger partial charge in [0.25, 0.3) is 0 Å². The van der Waals surface area contributed by atoms with Crippen molar-refractivity contribution < 1.29 is 8.42 Å². The van der Waals surface area contributed by atoms with Crippen molar-refractivity contribution in [3.63, 3.8) is 0 Å². The normalized spacial score (nSPS) is 27.4. The van der Waals surface area contributed by atoms with Crippen LogP contribution >= 0.6 is 11.6 Å². The summed E-state index contributed by atoms with van der Waals surface area (Å²) in [5, 5.41) is 0.198. The first-order valence-electron chi connectivity index (χ1n) is 6.85. The van der Waals surface area contributed by atoms with E-state index in [2.05, 4.69) is 18.6 Å². The van der Waals surface area contributed by atoms with Crippen LogP contribution in [0.25, 0.3) is 0 Å². The van der Waals surface area contributed by atoms with Crippen LogP contribution in [0.4, 0.5) is 5.69 Å². The molecule has 0 heterocycles. The van der Waals surface area contributed by atoms with Crippen LogP contribution in [0.1, 0.15) is 33.1 Å². The Morgan fingerprint density at radius 2 is 1.80 bits per heavy atom. The molecule has 1 aromatic carbocycles. The highest BCUT2D eigenvalue weighted by Gasteiger charge is 2.28. The molecule has 1 aliphatic carbocycles. The van der Waals surface area contributed by atoms with E-state index in [-0.39, 0.29) is 16.0 Å². The van der Waals surface area contributed by atoms with Crippen LogP contribution in [0, 0.1) is 11.8 Å². The maximum atomic E-state index is 12.4. The van der Waals surface area contributed by atoms with Crippen molar-refractivity contribution in [3.05, 3.63) is 23.2 Å². The van der Waals surface area contributed by atoms with Gasteiger partial charge in [-0.25, -0.2) is 13.1 Å². The molecule has 2 atom stereocenters. The zero-order valence-corrected chi connectivity index (χ0v) is 13.3. The van der Waals surface area contributed by atoms with E-state index in [1.54, 1.807) is 6.07 Å². The van der Waals surface area contributed by atoms with E-state index >= 15 is 0 Å². The molecule has 0 radical (unpaired) electrons. The van der Waals surface area contributed by atoms with Gasteiger partial charge in [0, 0.05) is 11.7 Å². The number of nitrogen functional groups attached to an aromatic ring is 1. The molecule has 1 fully saturated rings. The van der Waals surface area contributed by atoms with Crippen LogP contribution in [0.5, 0.6) is 0 Å². The first kappa shape index (κ1) is 15.6. The van der Waals surface area contributed by atoms with Crippen molar-refractivity contribution in [3.8, 4) is 0 Å². The molecule has 112 valence electrons. The molecule has 6 heteroatoms. The number of nitrogens with two attached hydrogens (primary N) is 1. The number of sulfonamides is 1. The lowest BCUT2D eigenvalue weighted by atomic mass is 9.81. The first-order valence-corrected chi connectivity index (χ1v) is 8.71. The first-order chi connectivity index (χ1) is 9.28. The Morgan fingerprint density at radius 3 is 2.40 bits per heavy atom. The zero-order valence-electron chi connectivity index (χ0n) is 11.8. The molecular weight excluding hydrogens is 296 g/mol. The SMILES string of the molecule is CC1CC(C)CC(NS(=O)(=O)c2cc(N)ccc2Cl)C1. The van der Waals surface area contributed by atoms with Gasteiger partial charge in [0.15, 0.2) is 0 Å². The third kappa shape index (κ3) is 3.65. The number of rotatable bonds is 3. The molecule has 1 aromatic rings. The standard InChI is InChI=1S/C14H21ClN2O2S/c1-9-5-10(2)7-12(6-9)17-20(18,19)14-8-11(16)3-4-13(14)15/h3-4,8-10,12,17H,5-7,16H2,1-2H3. The molecule has 0 amide bonds. The molecule has 4 nitrogen and oxygen atoms in total. The van der Waals surface area contributed by atoms with Gasteiger partial charge in [-0.05, 0) is 49.3 Å². The third-order valence-electron chi connectivity index (χ3n) is 3.75. The average molecular weight is 317 g/mol. The minimum Gasteiger partial charge on any atom is -0.399 e. The predicted molar refractivity (Wildman–Crippen MR) is 82.2 cm³/mol. The van der Waals surface area contributed by atoms with E-state index in [0.29, 0.717) is 17.5 Å². The molecule has 0 saturated heterocycles. The second kappa shape index (κ2) is 5.92. The molecule has 0 bridgehead atoms. The molecule has 0 spiro atoms. The lowest BCUT2D eigenvalue weighted by Crippen LogP contribution is -2.40. The lowest BCUT2D eigenvalue weighted by Gasteiger charge is -2.31. The Kier molecular flexibility index (Phi) is 4.62. The highest BCUT2D eigenvalue weighted by molar-refractivity contribution is 7.89. The van der Waals surface area contributed by atoms with E-state index in [1.807, 2.05) is 0 Å². The summed E-state index contributed by atoms with van der Waals surface area (Å²) in [6.07, 6.45) is 2.88. The largest absolute Gasteiger partial charge is 0.399 e. The maximum absolute atomic E-state index is 12.4. The number of halogens is 1. The van der Waals surface area contributed by atoms with E-state index in [4.69, 9.17) is 17.3 Å². The minimum atomic E-state index is -3.62. The van der Waals surface area contributed by atoms with Crippen LogP contribution in [0.15, 0.2) is 23.1 Å². The van der Waals surface area contributed by atoms with Crippen LogP contribution in [-0.4, -0.2) is 14.5 Å². The fourth-order valence-electron chi connectivity index (χ4n) is 3.05. The van der Waals surface area contributed by atoms with Crippen molar-refractivity contribution in [2.45, 2.75) is 44.0 Å². The van der Waals surface area contributed by atoms with Gasteiger partial charge >= 0.3 is 0 Å². The van der Waals surface area contributed by atoms with Crippen LogP contribution in [-0.2, 0) is 10.0 Å². The molecule has 1 saturated carbocycles. The van der Waals surface area contributed by atoms with Gasteiger partial charge < -0.3 is 5.73 Å². The fraction of sp³-hybridized carbons (Fsp3) is 0.571. The Bertz CT molecular complexity index is 579. The quantitative estimate of drug-likeness (QED) is 0.842. The van der Waals surface area contributed by atoms with Gasteiger partial charge in [0.1, 0.15) is 4.90 Å². The van der Waals surface area contributed by atoms with Gasteiger partial charge in [-0.3, -0.25) is 0 Å². The molecule has 20 heavy (non-hydrogen) atoms. The molecule has 2 unspecified atom stereocenters.